The van der Waals surface area contributed by atoms with E-state index in [1.807, 2.05) is 36.4 Å². The number of rotatable bonds is 7. The molecule has 166 valence electrons. The molecule has 2 aliphatic heterocycles. The molecule has 0 saturated carbocycles. The molecule has 0 aromatic heterocycles. The van der Waals surface area contributed by atoms with Crippen molar-refractivity contribution in [2.75, 3.05) is 26.3 Å². The quantitative estimate of drug-likeness (QED) is 0.707. The Bertz CT molecular complexity index is 876. The molecule has 1 amide bonds. The normalized spacial score (nSPS) is 20.1. The summed E-state index contributed by atoms with van der Waals surface area (Å²) in [6.07, 6.45) is 0.780. The molecule has 0 unspecified atom stereocenters. The Morgan fingerprint density at radius 1 is 1.19 bits per heavy atom. The van der Waals surface area contributed by atoms with E-state index in [1.165, 1.54) is 0 Å². The lowest BCUT2D eigenvalue weighted by atomic mass is 10.0. The number of nitrogens with one attached hydrogen (secondary N) is 1. The summed E-state index contributed by atoms with van der Waals surface area (Å²) in [5.41, 5.74) is 1.58. The first-order valence-electron chi connectivity index (χ1n) is 10.9. The maximum absolute atomic E-state index is 12.5. The summed E-state index contributed by atoms with van der Waals surface area (Å²) in [4.78, 5) is 14.8. The monoisotopic (exact) mass is 426 g/mol. The van der Waals surface area contributed by atoms with E-state index in [2.05, 4.69) is 17.1 Å². The number of aliphatic hydroxyl groups excluding tert-OH is 1. The molecule has 4 rings (SSSR count). The van der Waals surface area contributed by atoms with Crippen LogP contribution in [0.1, 0.15) is 37.0 Å². The van der Waals surface area contributed by atoms with E-state index in [0.29, 0.717) is 42.9 Å². The Balaban J connectivity index is 1.46. The van der Waals surface area contributed by atoms with Gasteiger partial charge in [-0.1, -0.05) is 36.4 Å². The predicted molar refractivity (Wildman–Crippen MR) is 116 cm³/mol. The molecule has 2 N–H and O–H groups in total. The molecule has 7 heteroatoms. The lowest BCUT2D eigenvalue weighted by Gasteiger charge is -2.31. The van der Waals surface area contributed by atoms with Gasteiger partial charge in [-0.25, -0.2) is 4.79 Å². The van der Waals surface area contributed by atoms with Gasteiger partial charge >= 0.3 is 6.09 Å². The Kier molecular flexibility index (Phi) is 6.94. The average Bonchev–Trinajstić information content (AvgIpc) is 3.21. The fraction of sp³-hybridized carbons (Fsp3) is 0.458. The van der Waals surface area contributed by atoms with Gasteiger partial charge in [-0.15, -0.1) is 0 Å². The van der Waals surface area contributed by atoms with Crippen LogP contribution in [0.15, 0.2) is 48.5 Å². The van der Waals surface area contributed by atoms with Crippen molar-refractivity contribution in [3.63, 3.8) is 0 Å². The lowest BCUT2D eigenvalue weighted by Crippen LogP contribution is -2.48. The highest BCUT2D eigenvalue weighted by molar-refractivity contribution is 5.67. The number of aliphatic hydroxyl groups is 1. The number of fused-ring (bicyclic) bond motifs is 1. The van der Waals surface area contributed by atoms with Gasteiger partial charge < -0.3 is 24.6 Å². The minimum Gasteiger partial charge on any atom is -0.486 e. The van der Waals surface area contributed by atoms with Crippen molar-refractivity contribution in [3.8, 4) is 11.5 Å². The van der Waals surface area contributed by atoms with E-state index < -0.39 is 18.2 Å². The molecule has 1 saturated heterocycles. The van der Waals surface area contributed by atoms with Gasteiger partial charge in [0.25, 0.3) is 0 Å². The maximum Gasteiger partial charge on any atom is 0.407 e. The van der Waals surface area contributed by atoms with Gasteiger partial charge in [-0.3, -0.25) is 4.90 Å². The zero-order valence-corrected chi connectivity index (χ0v) is 17.8. The minimum absolute atomic E-state index is 0.180. The molecule has 0 aliphatic carbocycles. The van der Waals surface area contributed by atoms with Crippen molar-refractivity contribution in [2.45, 2.75) is 44.6 Å². The van der Waals surface area contributed by atoms with E-state index in [0.717, 1.165) is 24.9 Å². The van der Waals surface area contributed by atoms with Crippen LogP contribution < -0.4 is 14.8 Å². The van der Waals surface area contributed by atoms with Crippen LogP contribution in [-0.2, 0) is 11.3 Å². The number of benzene rings is 2. The SMILES string of the molecule is C[C@H]1CCCN1C[C@@H](NC(=O)OCc1ccccc1)[C@H](O)c1ccc2c(c1)OCCO2. The molecule has 2 aromatic rings. The van der Waals surface area contributed by atoms with Crippen molar-refractivity contribution in [3.05, 3.63) is 59.7 Å². The molecule has 7 nitrogen and oxygen atoms in total. The zero-order valence-electron chi connectivity index (χ0n) is 17.8. The van der Waals surface area contributed by atoms with Gasteiger partial charge in [0.2, 0.25) is 0 Å². The number of carbonyl (C=O) groups excluding carboxylic acids is 1. The first-order chi connectivity index (χ1) is 15.1. The van der Waals surface area contributed by atoms with Crippen LogP contribution in [0.5, 0.6) is 11.5 Å². The van der Waals surface area contributed by atoms with Crippen LogP contribution in [0, 0.1) is 0 Å². The van der Waals surface area contributed by atoms with Crippen molar-refractivity contribution < 1.29 is 24.1 Å². The van der Waals surface area contributed by atoms with Crippen LogP contribution >= 0.6 is 0 Å². The number of alkyl carbamates (subject to hydrolysis) is 1. The van der Waals surface area contributed by atoms with Crippen LogP contribution in [0.3, 0.4) is 0 Å². The second-order valence-electron chi connectivity index (χ2n) is 8.15. The van der Waals surface area contributed by atoms with Crippen molar-refractivity contribution in [2.24, 2.45) is 0 Å². The summed E-state index contributed by atoms with van der Waals surface area (Å²) < 4.78 is 16.6. The van der Waals surface area contributed by atoms with Gasteiger partial charge in [0.05, 0.1) is 6.04 Å². The lowest BCUT2D eigenvalue weighted by molar-refractivity contribution is 0.0825. The molecular weight excluding hydrogens is 396 g/mol. The molecule has 2 aliphatic rings. The van der Waals surface area contributed by atoms with Crippen LogP contribution in [-0.4, -0.2) is 54.5 Å². The first kappa shape index (κ1) is 21.5. The number of hydrogen-bond acceptors (Lipinski definition) is 6. The van der Waals surface area contributed by atoms with Crippen LogP contribution in [0.2, 0.25) is 0 Å². The van der Waals surface area contributed by atoms with E-state index in [4.69, 9.17) is 14.2 Å². The summed E-state index contributed by atoms with van der Waals surface area (Å²) in [6.45, 7) is 4.84. The molecule has 0 bridgehead atoms. The predicted octanol–water partition coefficient (Wildman–Crippen LogP) is 3.27. The summed E-state index contributed by atoms with van der Waals surface area (Å²) >= 11 is 0. The van der Waals surface area contributed by atoms with Crippen molar-refractivity contribution in [1.82, 2.24) is 10.2 Å². The molecule has 0 radical (unpaired) electrons. The van der Waals surface area contributed by atoms with Crippen LogP contribution in [0.4, 0.5) is 4.79 Å². The molecule has 1 fully saturated rings. The number of carbonyl (C=O) groups is 1. The van der Waals surface area contributed by atoms with E-state index in [-0.39, 0.29) is 6.61 Å². The van der Waals surface area contributed by atoms with Gasteiger partial charge in [0.15, 0.2) is 11.5 Å². The average molecular weight is 427 g/mol. The Morgan fingerprint density at radius 2 is 1.97 bits per heavy atom. The second-order valence-corrected chi connectivity index (χ2v) is 8.15. The van der Waals surface area contributed by atoms with E-state index in [1.54, 1.807) is 12.1 Å². The molecule has 2 heterocycles. The molecule has 2 aromatic carbocycles. The number of ether oxygens (including phenoxy) is 3. The third-order valence-corrected chi connectivity index (χ3v) is 5.93. The van der Waals surface area contributed by atoms with Crippen molar-refractivity contribution in [1.29, 1.82) is 0 Å². The van der Waals surface area contributed by atoms with Crippen LogP contribution in [0.25, 0.3) is 0 Å². The Hall–Kier alpha value is -2.77. The Morgan fingerprint density at radius 3 is 2.71 bits per heavy atom. The largest absolute Gasteiger partial charge is 0.486 e. The molecular formula is C24H30N2O5. The van der Waals surface area contributed by atoms with Gasteiger partial charge in [0.1, 0.15) is 25.9 Å². The Labute approximate surface area is 182 Å². The standard InChI is InChI=1S/C24H30N2O5/c1-17-6-5-11-26(17)15-20(25-24(28)31-16-18-7-3-2-4-8-18)23(27)19-9-10-21-22(14-19)30-13-12-29-21/h2-4,7-10,14,17,20,23,27H,5-6,11-13,15-16H2,1H3,(H,25,28)/t17-,20+,23+/m0/s1. The second kappa shape index (κ2) is 10.0. The summed E-state index contributed by atoms with van der Waals surface area (Å²) in [5.74, 6) is 1.28. The van der Waals surface area contributed by atoms with Gasteiger partial charge in [-0.05, 0) is 49.6 Å². The fourth-order valence-electron chi connectivity index (χ4n) is 4.13. The molecule has 31 heavy (non-hydrogen) atoms. The highest BCUT2D eigenvalue weighted by Gasteiger charge is 2.30. The minimum atomic E-state index is -0.909. The number of nitrogens with zero attached hydrogens (tertiary/aromatic N) is 1. The number of likely N-dealkylation sites (tertiary alicyclic amines) is 1. The first-order valence-corrected chi connectivity index (χ1v) is 10.9. The van der Waals surface area contributed by atoms with Gasteiger partial charge in [0, 0.05) is 12.6 Å². The third-order valence-electron chi connectivity index (χ3n) is 5.93. The zero-order chi connectivity index (χ0) is 21.6. The van der Waals surface area contributed by atoms with E-state index in [9.17, 15) is 9.90 Å². The van der Waals surface area contributed by atoms with Gasteiger partial charge in [-0.2, -0.15) is 0 Å². The fourth-order valence-corrected chi connectivity index (χ4v) is 4.13. The number of hydrogen-bond donors (Lipinski definition) is 2. The summed E-state index contributed by atoms with van der Waals surface area (Å²) in [6, 6.07) is 14.8. The summed E-state index contributed by atoms with van der Waals surface area (Å²) in [5, 5.41) is 14.1. The summed E-state index contributed by atoms with van der Waals surface area (Å²) in [7, 11) is 0. The molecule has 3 atom stereocenters. The van der Waals surface area contributed by atoms with E-state index >= 15 is 0 Å². The number of amides is 1. The highest BCUT2D eigenvalue weighted by Crippen LogP contribution is 2.33. The third kappa shape index (κ3) is 5.48. The topological polar surface area (TPSA) is 80.3 Å². The maximum atomic E-state index is 12.5. The highest BCUT2D eigenvalue weighted by atomic mass is 16.6. The smallest absolute Gasteiger partial charge is 0.407 e. The van der Waals surface area contributed by atoms with Crippen molar-refractivity contribution >= 4 is 6.09 Å². The molecule has 0 spiro atoms.